The Balaban J connectivity index is 1.60. The maximum atomic E-state index is 6.10. The molecule has 0 N–H and O–H groups in total. The number of hydrogen-bond acceptors (Lipinski definition) is 3. The summed E-state index contributed by atoms with van der Waals surface area (Å²) in [6.45, 7) is 15.6. The molecule has 0 amide bonds. The molecule has 28 heavy (non-hydrogen) atoms. The van der Waals surface area contributed by atoms with Crippen LogP contribution < -0.4 is 10.2 Å². The fourth-order valence-electron chi connectivity index (χ4n) is 3.12. The first-order valence-corrected chi connectivity index (χ1v) is 10.2. The van der Waals surface area contributed by atoms with E-state index in [0.29, 0.717) is 6.61 Å². The highest BCUT2D eigenvalue weighted by Gasteiger charge is 2.51. The summed E-state index contributed by atoms with van der Waals surface area (Å²) in [6.07, 6.45) is 1.12. The van der Waals surface area contributed by atoms with E-state index >= 15 is 0 Å². The average Bonchev–Trinajstić information content (AvgIpc) is 2.88. The lowest BCUT2D eigenvalue weighted by atomic mass is 9.79. The quantitative estimate of drug-likeness (QED) is 0.641. The minimum Gasteiger partial charge on any atom is -0.489 e. The van der Waals surface area contributed by atoms with Gasteiger partial charge in [-0.25, -0.2) is 0 Å². The summed E-state index contributed by atoms with van der Waals surface area (Å²) < 4.78 is 18.2. The Kier molecular flexibility index (Phi) is 5.66. The second-order valence-electron chi connectivity index (χ2n) is 9.38. The predicted octanol–water partition coefficient (Wildman–Crippen LogP) is 5.25. The molecule has 1 saturated heterocycles. The minimum atomic E-state index is -0.339. The lowest BCUT2D eigenvalue weighted by Crippen LogP contribution is -2.41. The zero-order valence-corrected chi connectivity index (χ0v) is 18.3. The summed E-state index contributed by atoms with van der Waals surface area (Å²) in [4.78, 5) is 0. The monoisotopic (exact) mass is 380 g/mol. The van der Waals surface area contributed by atoms with Gasteiger partial charge in [0.1, 0.15) is 12.4 Å². The van der Waals surface area contributed by atoms with Crippen LogP contribution in [0.1, 0.15) is 66.0 Å². The maximum Gasteiger partial charge on any atom is 0.494 e. The van der Waals surface area contributed by atoms with Gasteiger partial charge in [0, 0.05) is 0 Å². The van der Waals surface area contributed by atoms with Gasteiger partial charge in [-0.3, -0.25) is 0 Å². The van der Waals surface area contributed by atoms with E-state index in [1.54, 1.807) is 0 Å². The first kappa shape index (κ1) is 20.9. The number of rotatable bonds is 6. The molecular weight excluding hydrogens is 347 g/mol. The van der Waals surface area contributed by atoms with Crippen LogP contribution >= 0.6 is 0 Å². The molecule has 3 nitrogen and oxygen atoms in total. The van der Waals surface area contributed by atoms with Crippen molar-refractivity contribution in [2.45, 2.75) is 78.1 Å². The van der Waals surface area contributed by atoms with Crippen molar-refractivity contribution in [3.8, 4) is 5.75 Å². The maximum absolute atomic E-state index is 6.10. The number of benzene rings is 2. The van der Waals surface area contributed by atoms with E-state index in [2.05, 4.69) is 72.7 Å². The van der Waals surface area contributed by atoms with Gasteiger partial charge in [0.25, 0.3) is 0 Å². The smallest absolute Gasteiger partial charge is 0.489 e. The Morgan fingerprint density at radius 3 is 1.89 bits per heavy atom. The van der Waals surface area contributed by atoms with Gasteiger partial charge in [-0.15, -0.1) is 0 Å². The molecule has 4 heteroatoms. The Labute approximate surface area is 170 Å². The Bertz CT molecular complexity index is 776. The number of hydrogen-bond donors (Lipinski definition) is 0. The van der Waals surface area contributed by atoms with Crippen molar-refractivity contribution in [1.29, 1.82) is 0 Å². The molecule has 0 bridgehead atoms. The lowest BCUT2D eigenvalue weighted by molar-refractivity contribution is 0.00578. The minimum absolute atomic E-state index is 0.211. The molecule has 0 aliphatic carbocycles. The van der Waals surface area contributed by atoms with Crippen molar-refractivity contribution in [2.24, 2.45) is 0 Å². The molecule has 1 fully saturated rings. The molecular formula is C24H33BO3. The largest absolute Gasteiger partial charge is 0.494 e. The van der Waals surface area contributed by atoms with Crippen molar-refractivity contribution >= 4 is 12.6 Å². The SMILES string of the molecule is CCC(C)(C)c1ccc(COc2ccc(B3OC(C)(C)C(C)(C)O3)cc2)cc1. The molecule has 0 saturated carbocycles. The Morgan fingerprint density at radius 2 is 1.39 bits per heavy atom. The fraction of sp³-hybridized carbons (Fsp3) is 0.500. The summed E-state index contributed by atoms with van der Waals surface area (Å²) in [5.74, 6) is 0.846. The second kappa shape index (κ2) is 7.57. The molecule has 0 radical (unpaired) electrons. The molecule has 2 aromatic rings. The van der Waals surface area contributed by atoms with Crippen molar-refractivity contribution in [3.05, 3.63) is 59.7 Å². The molecule has 1 heterocycles. The normalized spacial score (nSPS) is 18.3. The molecule has 0 atom stereocenters. The Morgan fingerprint density at radius 1 is 0.857 bits per heavy atom. The summed E-state index contributed by atoms with van der Waals surface area (Å²) in [5, 5.41) is 0. The van der Waals surface area contributed by atoms with Crippen LogP contribution in [0.4, 0.5) is 0 Å². The van der Waals surface area contributed by atoms with Crippen molar-refractivity contribution in [1.82, 2.24) is 0 Å². The second-order valence-corrected chi connectivity index (χ2v) is 9.38. The average molecular weight is 380 g/mol. The van der Waals surface area contributed by atoms with Gasteiger partial charge in [0.2, 0.25) is 0 Å². The highest BCUT2D eigenvalue weighted by molar-refractivity contribution is 6.62. The molecule has 3 rings (SSSR count). The standard InChI is InChI=1S/C24H33BO3/c1-8-22(2,3)19-11-9-18(10-12-19)17-26-21-15-13-20(14-16-21)25-27-23(4,5)24(6,7)28-25/h9-16H,8,17H2,1-7H3. The van der Waals surface area contributed by atoms with Gasteiger partial charge < -0.3 is 14.0 Å². The summed E-state index contributed by atoms with van der Waals surface area (Å²) in [5.41, 5.74) is 3.10. The van der Waals surface area contributed by atoms with E-state index in [4.69, 9.17) is 14.0 Å². The first-order chi connectivity index (χ1) is 13.0. The van der Waals surface area contributed by atoms with Gasteiger partial charge in [-0.2, -0.15) is 0 Å². The van der Waals surface area contributed by atoms with E-state index in [-0.39, 0.29) is 23.7 Å². The van der Waals surface area contributed by atoms with Crippen LogP contribution in [-0.2, 0) is 21.3 Å². The summed E-state index contributed by atoms with van der Waals surface area (Å²) >= 11 is 0. The predicted molar refractivity (Wildman–Crippen MR) is 116 cm³/mol. The molecule has 150 valence electrons. The van der Waals surface area contributed by atoms with Gasteiger partial charge in [-0.1, -0.05) is 57.2 Å². The first-order valence-electron chi connectivity index (χ1n) is 10.2. The van der Waals surface area contributed by atoms with Gasteiger partial charge in [0.05, 0.1) is 11.2 Å². The highest BCUT2D eigenvalue weighted by atomic mass is 16.7. The third-order valence-electron chi connectivity index (χ3n) is 6.43. The van der Waals surface area contributed by atoms with E-state index in [1.165, 1.54) is 11.1 Å². The van der Waals surface area contributed by atoms with Crippen molar-refractivity contribution < 1.29 is 14.0 Å². The Hall–Kier alpha value is -1.78. The zero-order valence-electron chi connectivity index (χ0n) is 18.3. The summed E-state index contributed by atoms with van der Waals surface area (Å²) in [6, 6.07) is 16.7. The van der Waals surface area contributed by atoms with Crippen LogP contribution in [0.25, 0.3) is 0 Å². The molecule has 0 aromatic heterocycles. The van der Waals surface area contributed by atoms with E-state index < -0.39 is 0 Å². The van der Waals surface area contributed by atoms with Crippen LogP contribution in [0.3, 0.4) is 0 Å². The fourth-order valence-corrected chi connectivity index (χ4v) is 3.12. The van der Waals surface area contributed by atoms with Crippen LogP contribution in [0, 0.1) is 0 Å². The van der Waals surface area contributed by atoms with Crippen molar-refractivity contribution in [2.75, 3.05) is 0 Å². The van der Waals surface area contributed by atoms with Crippen molar-refractivity contribution in [3.63, 3.8) is 0 Å². The van der Waals surface area contributed by atoms with Crippen LogP contribution in [0.2, 0.25) is 0 Å². The van der Waals surface area contributed by atoms with Gasteiger partial charge in [-0.05, 0) is 68.3 Å². The number of ether oxygens (including phenoxy) is 1. The molecule has 1 aliphatic rings. The third-order valence-corrected chi connectivity index (χ3v) is 6.43. The summed E-state index contributed by atoms with van der Waals surface area (Å²) in [7, 11) is -0.339. The molecule has 2 aromatic carbocycles. The highest BCUT2D eigenvalue weighted by Crippen LogP contribution is 2.36. The van der Waals surface area contributed by atoms with Gasteiger partial charge in [0.15, 0.2) is 0 Å². The third kappa shape index (κ3) is 4.28. The molecule has 1 aliphatic heterocycles. The molecule has 0 unspecified atom stereocenters. The van der Waals surface area contributed by atoms with E-state index in [0.717, 1.165) is 17.6 Å². The van der Waals surface area contributed by atoms with Crippen LogP contribution in [0.5, 0.6) is 5.75 Å². The zero-order chi connectivity index (χ0) is 20.6. The van der Waals surface area contributed by atoms with E-state index in [9.17, 15) is 0 Å². The topological polar surface area (TPSA) is 27.7 Å². The van der Waals surface area contributed by atoms with E-state index in [1.807, 2.05) is 24.3 Å². The van der Waals surface area contributed by atoms with Crippen LogP contribution in [-0.4, -0.2) is 18.3 Å². The molecule has 0 spiro atoms. The van der Waals surface area contributed by atoms with Gasteiger partial charge >= 0.3 is 7.12 Å². The van der Waals surface area contributed by atoms with Crippen LogP contribution in [0.15, 0.2) is 48.5 Å². The lowest BCUT2D eigenvalue weighted by Gasteiger charge is -2.32.